The molecule has 1 fully saturated rings. The Hall–Kier alpha value is -3.10. The van der Waals surface area contributed by atoms with Gasteiger partial charge in [0.15, 0.2) is 11.5 Å². The predicted octanol–water partition coefficient (Wildman–Crippen LogP) is 4.57. The quantitative estimate of drug-likeness (QED) is 0.541. The maximum absolute atomic E-state index is 12.7. The molecule has 1 N–H and O–H groups in total. The summed E-state index contributed by atoms with van der Waals surface area (Å²) in [6, 6.07) is 11.0. The van der Waals surface area contributed by atoms with Crippen LogP contribution in [0.2, 0.25) is 5.02 Å². The first-order chi connectivity index (χ1) is 16.0. The molecule has 0 bridgehead atoms. The van der Waals surface area contributed by atoms with Gasteiger partial charge in [-0.3, -0.25) is 9.69 Å². The van der Waals surface area contributed by atoms with Crippen LogP contribution in [0.1, 0.15) is 24.3 Å². The second-order valence-corrected chi connectivity index (χ2v) is 8.52. The number of methoxy groups -OCH3 is 2. The standard InChI is InChI=1S/C24H27ClN4O4/c1-15-12-18(25)5-6-19(15)26-24(30)16-8-10-29(11-9-16)14-22-27-23(28-33-22)17-4-7-20(31-2)21(13-17)32-3/h4-7,12-13,16H,8-11,14H2,1-3H3,(H,26,30). The van der Waals surface area contributed by atoms with E-state index in [0.29, 0.717) is 34.8 Å². The van der Waals surface area contributed by atoms with Gasteiger partial charge in [-0.05, 0) is 74.8 Å². The van der Waals surface area contributed by atoms with Gasteiger partial charge in [0.05, 0.1) is 20.8 Å². The molecule has 3 aromatic rings. The van der Waals surface area contributed by atoms with Crippen molar-refractivity contribution in [2.45, 2.75) is 26.3 Å². The van der Waals surface area contributed by atoms with Crippen molar-refractivity contribution in [2.24, 2.45) is 5.92 Å². The number of nitrogens with one attached hydrogen (secondary N) is 1. The zero-order chi connectivity index (χ0) is 23.4. The minimum absolute atomic E-state index is 0.0265. The summed E-state index contributed by atoms with van der Waals surface area (Å²) in [5, 5.41) is 7.80. The molecule has 9 heteroatoms. The third-order valence-corrected chi connectivity index (χ3v) is 6.11. The van der Waals surface area contributed by atoms with Crippen LogP contribution in [0.3, 0.4) is 0 Å². The fourth-order valence-electron chi connectivity index (χ4n) is 3.96. The van der Waals surface area contributed by atoms with Crippen LogP contribution in [0, 0.1) is 12.8 Å². The van der Waals surface area contributed by atoms with Crippen LogP contribution >= 0.6 is 11.6 Å². The number of hydrogen-bond donors (Lipinski definition) is 1. The molecule has 4 rings (SSSR count). The molecule has 8 nitrogen and oxygen atoms in total. The number of anilines is 1. The number of likely N-dealkylation sites (tertiary alicyclic amines) is 1. The highest BCUT2D eigenvalue weighted by Gasteiger charge is 2.26. The van der Waals surface area contributed by atoms with Gasteiger partial charge in [-0.1, -0.05) is 16.8 Å². The van der Waals surface area contributed by atoms with E-state index < -0.39 is 0 Å². The summed E-state index contributed by atoms with van der Waals surface area (Å²) in [6.07, 6.45) is 1.55. The highest BCUT2D eigenvalue weighted by atomic mass is 35.5. The first-order valence-corrected chi connectivity index (χ1v) is 11.2. The van der Waals surface area contributed by atoms with E-state index in [2.05, 4.69) is 20.4 Å². The number of benzene rings is 2. The van der Waals surface area contributed by atoms with Gasteiger partial charge in [0.25, 0.3) is 0 Å². The van der Waals surface area contributed by atoms with E-state index in [9.17, 15) is 4.79 Å². The summed E-state index contributed by atoms with van der Waals surface area (Å²) in [5.74, 6) is 2.31. The Morgan fingerprint density at radius 3 is 2.61 bits per heavy atom. The Bertz CT molecular complexity index is 1130. The smallest absolute Gasteiger partial charge is 0.241 e. The minimum atomic E-state index is -0.0265. The van der Waals surface area contributed by atoms with Crippen LogP contribution in [0.15, 0.2) is 40.9 Å². The molecule has 0 saturated carbocycles. The average Bonchev–Trinajstić information content (AvgIpc) is 3.29. The second kappa shape index (κ2) is 10.2. The highest BCUT2D eigenvalue weighted by molar-refractivity contribution is 6.30. The first kappa shape index (κ1) is 23.1. The predicted molar refractivity (Wildman–Crippen MR) is 126 cm³/mol. The van der Waals surface area contributed by atoms with Crippen molar-refractivity contribution in [1.82, 2.24) is 15.0 Å². The molecule has 174 valence electrons. The normalized spacial score (nSPS) is 14.8. The van der Waals surface area contributed by atoms with Gasteiger partial charge in [-0.25, -0.2) is 0 Å². The molecule has 1 aliphatic rings. The van der Waals surface area contributed by atoms with Gasteiger partial charge in [0.1, 0.15) is 0 Å². The Labute approximate surface area is 197 Å². The lowest BCUT2D eigenvalue weighted by Gasteiger charge is -2.30. The summed E-state index contributed by atoms with van der Waals surface area (Å²) in [5.41, 5.74) is 2.55. The molecule has 1 aliphatic heterocycles. The van der Waals surface area contributed by atoms with Crippen LogP contribution in [-0.2, 0) is 11.3 Å². The summed E-state index contributed by atoms with van der Waals surface area (Å²) >= 11 is 6.00. The maximum atomic E-state index is 12.7. The SMILES string of the molecule is COc1ccc(-c2noc(CN3CCC(C(=O)Nc4ccc(Cl)cc4C)CC3)n2)cc1OC. The van der Waals surface area contributed by atoms with E-state index in [1.165, 1.54) is 0 Å². The summed E-state index contributed by atoms with van der Waals surface area (Å²) < 4.78 is 16.1. The average molecular weight is 471 g/mol. The third kappa shape index (κ3) is 5.46. The molecule has 0 atom stereocenters. The first-order valence-electron chi connectivity index (χ1n) is 10.8. The molecule has 0 unspecified atom stereocenters. The van der Waals surface area contributed by atoms with Crippen molar-refractivity contribution in [2.75, 3.05) is 32.6 Å². The number of ether oxygens (including phenoxy) is 2. The van der Waals surface area contributed by atoms with E-state index in [1.807, 2.05) is 37.3 Å². The van der Waals surface area contributed by atoms with Crippen LogP contribution in [0.25, 0.3) is 11.4 Å². The molecule has 1 saturated heterocycles. The Kier molecular flexibility index (Phi) is 7.15. The second-order valence-electron chi connectivity index (χ2n) is 8.08. The number of aryl methyl sites for hydroxylation is 1. The molecule has 0 radical (unpaired) electrons. The van der Waals surface area contributed by atoms with Crippen molar-refractivity contribution in [1.29, 1.82) is 0 Å². The molecule has 33 heavy (non-hydrogen) atoms. The molecule has 0 aliphatic carbocycles. The highest BCUT2D eigenvalue weighted by Crippen LogP contribution is 2.31. The van der Waals surface area contributed by atoms with Gasteiger partial charge in [0.2, 0.25) is 17.6 Å². The van der Waals surface area contributed by atoms with Crippen molar-refractivity contribution < 1.29 is 18.8 Å². The van der Waals surface area contributed by atoms with Gasteiger partial charge in [-0.15, -0.1) is 0 Å². The van der Waals surface area contributed by atoms with E-state index in [0.717, 1.165) is 42.7 Å². The maximum Gasteiger partial charge on any atom is 0.241 e. The zero-order valence-electron chi connectivity index (χ0n) is 18.9. The fourth-order valence-corrected chi connectivity index (χ4v) is 4.18. The van der Waals surface area contributed by atoms with Crippen LogP contribution in [0.5, 0.6) is 11.5 Å². The molecule has 1 amide bonds. The summed E-state index contributed by atoms with van der Waals surface area (Å²) in [7, 11) is 3.18. The van der Waals surface area contributed by atoms with Crippen molar-refractivity contribution in [3.05, 3.63) is 52.9 Å². The zero-order valence-corrected chi connectivity index (χ0v) is 19.7. The summed E-state index contributed by atoms with van der Waals surface area (Å²) in [4.78, 5) is 19.5. The number of nitrogens with zero attached hydrogens (tertiary/aromatic N) is 3. The van der Waals surface area contributed by atoms with E-state index in [4.69, 9.17) is 25.6 Å². The monoisotopic (exact) mass is 470 g/mol. The fraction of sp³-hybridized carbons (Fsp3) is 0.375. The lowest BCUT2D eigenvalue weighted by molar-refractivity contribution is -0.121. The molecule has 1 aromatic heterocycles. The Morgan fingerprint density at radius 2 is 1.91 bits per heavy atom. The minimum Gasteiger partial charge on any atom is -0.493 e. The lowest BCUT2D eigenvalue weighted by atomic mass is 9.95. The third-order valence-electron chi connectivity index (χ3n) is 5.87. The van der Waals surface area contributed by atoms with Crippen LogP contribution in [0.4, 0.5) is 5.69 Å². The van der Waals surface area contributed by atoms with Gasteiger partial charge >= 0.3 is 0 Å². The lowest BCUT2D eigenvalue weighted by Crippen LogP contribution is -2.37. The van der Waals surface area contributed by atoms with Crippen molar-refractivity contribution in [3.8, 4) is 22.9 Å². The summed E-state index contributed by atoms with van der Waals surface area (Å²) in [6.45, 7) is 4.05. The molecular formula is C24H27ClN4O4. The number of carbonyl (C=O) groups excluding carboxylic acids is 1. The van der Waals surface area contributed by atoms with Crippen molar-refractivity contribution in [3.63, 3.8) is 0 Å². The van der Waals surface area contributed by atoms with Crippen LogP contribution in [-0.4, -0.2) is 48.3 Å². The molecule has 2 aromatic carbocycles. The van der Waals surface area contributed by atoms with E-state index in [1.54, 1.807) is 20.3 Å². The number of piperidine rings is 1. The van der Waals surface area contributed by atoms with E-state index in [-0.39, 0.29) is 11.8 Å². The van der Waals surface area contributed by atoms with Crippen molar-refractivity contribution >= 4 is 23.2 Å². The topological polar surface area (TPSA) is 89.7 Å². The van der Waals surface area contributed by atoms with Gasteiger partial charge < -0.3 is 19.3 Å². The van der Waals surface area contributed by atoms with Gasteiger partial charge in [-0.2, -0.15) is 4.98 Å². The number of rotatable bonds is 7. The Morgan fingerprint density at radius 1 is 1.15 bits per heavy atom. The van der Waals surface area contributed by atoms with Crippen LogP contribution < -0.4 is 14.8 Å². The Balaban J connectivity index is 1.31. The van der Waals surface area contributed by atoms with Gasteiger partial charge in [0, 0.05) is 22.2 Å². The molecule has 2 heterocycles. The molecular weight excluding hydrogens is 444 g/mol. The number of amides is 1. The number of hydrogen-bond acceptors (Lipinski definition) is 7. The molecule has 0 spiro atoms. The number of carbonyl (C=O) groups is 1. The largest absolute Gasteiger partial charge is 0.493 e. The number of halogens is 1. The number of aromatic nitrogens is 2. The van der Waals surface area contributed by atoms with E-state index >= 15 is 0 Å².